The Morgan fingerprint density at radius 3 is 2.65 bits per heavy atom. The summed E-state index contributed by atoms with van der Waals surface area (Å²) in [4.78, 5) is 7.27. The lowest BCUT2D eigenvalue weighted by molar-refractivity contribution is 0.0376. The molecule has 3 heterocycles. The Labute approximate surface area is 186 Å². The standard InChI is InChI=1S/C23H38N6O2/c1-19-22(20(2)28(3)27-19)8-4-10-24-23(26-12-9-21-7-5-16-31-21)25-11-6-13-29-14-17-30-18-15-29/h5,7,16H,4,6,8-15,17-18H2,1-3H3,(H2,24,25,26). The van der Waals surface area contributed by atoms with Crippen LogP contribution in [0.5, 0.6) is 0 Å². The predicted octanol–water partition coefficient (Wildman–Crippen LogP) is 2.06. The van der Waals surface area contributed by atoms with E-state index < -0.39 is 0 Å². The van der Waals surface area contributed by atoms with Gasteiger partial charge >= 0.3 is 0 Å². The number of hydrogen-bond acceptors (Lipinski definition) is 5. The van der Waals surface area contributed by atoms with Gasteiger partial charge in [-0.1, -0.05) is 0 Å². The smallest absolute Gasteiger partial charge is 0.191 e. The van der Waals surface area contributed by atoms with Gasteiger partial charge in [-0.15, -0.1) is 0 Å². The first kappa shape index (κ1) is 23.3. The fourth-order valence-corrected chi connectivity index (χ4v) is 3.89. The van der Waals surface area contributed by atoms with Gasteiger partial charge in [0.05, 0.1) is 25.2 Å². The number of hydrogen-bond donors (Lipinski definition) is 2. The molecule has 1 aliphatic rings. The molecule has 2 aromatic rings. The molecule has 0 saturated carbocycles. The van der Waals surface area contributed by atoms with Crippen LogP contribution in [-0.2, 0) is 24.6 Å². The maximum absolute atomic E-state index is 5.43. The van der Waals surface area contributed by atoms with Gasteiger partial charge < -0.3 is 19.8 Å². The van der Waals surface area contributed by atoms with Crippen LogP contribution in [-0.4, -0.2) is 73.1 Å². The number of furan rings is 1. The van der Waals surface area contributed by atoms with E-state index in [-0.39, 0.29) is 0 Å². The van der Waals surface area contributed by atoms with Crippen LogP contribution in [0.4, 0.5) is 0 Å². The molecule has 8 heteroatoms. The number of guanidine groups is 1. The fourth-order valence-electron chi connectivity index (χ4n) is 3.89. The summed E-state index contributed by atoms with van der Waals surface area (Å²) in [6, 6.07) is 3.93. The molecule has 8 nitrogen and oxygen atoms in total. The summed E-state index contributed by atoms with van der Waals surface area (Å²) < 4.78 is 12.8. The van der Waals surface area contributed by atoms with E-state index in [1.54, 1.807) is 6.26 Å². The van der Waals surface area contributed by atoms with Crippen molar-refractivity contribution in [2.75, 3.05) is 52.5 Å². The van der Waals surface area contributed by atoms with Gasteiger partial charge in [0.25, 0.3) is 0 Å². The molecule has 0 aliphatic carbocycles. The molecular formula is C23H38N6O2. The van der Waals surface area contributed by atoms with Crippen LogP contribution in [0, 0.1) is 13.8 Å². The van der Waals surface area contributed by atoms with Crippen molar-refractivity contribution >= 4 is 5.96 Å². The van der Waals surface area contributed by atoms with Gasteiger partial charge in [0.1, 0.15) is 5.76 Å². The lowest BCUT2D eigenvalue weighted by Gasteiger charge is -2.26. The Morgan fingerprint density at radius 2 is 1.94 bits per heavy atom. The van der Waals surface area contributed by atoms with Crippen LogP contribution in [0.25, 0.3) is 0 Å². The molecule has 0 amide bonds. The molecule has 2 aromatic heterocycles. The van der Waals surface area contributed by atoms with Crippen LogP contribution in [0.2, 0.25) is 0 Å². The molecule has 0 aromatic carbocycles. The zero-order valence-electron chi connectivity index (χ0n) is 19.3. The second-order valence-corrected chi connectivity index (χ2v) is 8.10. The summed E-state index contributed by atoms with van der Waals surface area (Å²) in [5.74, 6) is 1.87. The van der Waals surface area contributed by atoms with Gasteiger partial charge in [0, 0.05) is 51.9 Å². The molecular weight excluding hydrogens is 392 g/mol. The van der Waals surface area contributed by atoms with Crippen LogP contribution >= 0.6 is 0 Å². The Hall–Kier alpha value is -2.32. The summed E-state index contributed by atoms with van der Waals surface area (Å²) in [7, 11) is 2.01. The Morgan fingerprint density at radius 1 is 1.13 bits per heavy atom. The highest BCUT2D eigenvalue weighted by Crippen LogP contribution is 2.13. The number of nitrogens with zero attached hydrogens (tertiary/aromatic N) is 4. The highest BCUT2D eigenvalue weighted by atomic mass is 16.5. The number of ether oxygens (including phenoxy) is 1. The average Bonchev–Trinajstić information content (AvgIpc) is 3.37. The average molecular weight is 431 g/mol. The quantitative estimate of drug-likeness (QED) is 0.323. The molecule has 172 valence electrons. The first-order valence-electron chi connectivity index (χ1n) is 11.5. The molecule has 0 atom stereocenters. The second kappa shape index (κ2) is 12.5. The molecule has 0 spiro atoms. The number of aryl methyl sites for hydroxylation is 2. The zero-order valence-corrected chi connectivity index (χ0v) is 19.3. The molecule has 3 rings (SSSR count). The third-order valence-electron chi connectivity index (χ3n) is 5.80. The van der Waals surface area contributed by atoms with E-state index in [0.29, 0.717) is 0 Å². The number of rotatable bonds is 11. The van der Waals surface area contributed by atoms with Crippen molar-refractivity contribution in [3.63, 3.8) is 0 Å². The van der Waals surface area contributed by atoms with Crippen LogP contribution in [0.3, 0.4) is 0 Å². The number of nitrogens with one attached hydrogen (secondary N) is 2. The molecule has 2 N–H and O–H groups in total. The maximum Gasteiger partial charge on any atom is 0.191 e. The molecule has 0 radical (unpaired) electrons. The van der Waals surface area contributed by atoms with Crippen molar-refractivity contribution in [1.29, 1.82) is 0 Å². The lowest BCUT2D eigenvalue weighted by atomic mass is 10.1. The van der Waals surface area contributed by atoms with Crippen molar-refractivity contribution in [1.82, 2.24) is 25.3 Å². The third-order valence-corrected chi connectivity index (χ3v) is 5.80. The van der Waals surface area contributed by atoms with Gasteiger partial charge in [0.15, 0.2) is 5.96 Å². The van der Waals surface area contributed by atoms with E-state index in [1.165, 1.54) is 11.3 Å². The summed E-state index contributed by atoms with van der Waals surface area (Å²) in [5.41, 5.74) is 3.73. The van der Waals surface area contributed by atoms with E-state index in [1.807, 2.05) is 23.9 Å². The Kier molecular flexibility index (Phi) is 9.42. The van der Waals surface area contributed by atoms with Crippen LogP contribution in [0.1, 0.15) is 35.6 Å². The first-order valence-corrected chi connectivity index (χ1v) is 11.5. The van der Waals surface area contributed by atoms with E-state index in [2.05, 4.69) is 34.5 Å². The van der Waals surface area contributed by atoms with Gasteiger partial charge in [0.2, 0.25) is 0 Å². The summed E-state index contributed by atoms with van der Waals surface area (Å²) in [5, 5.41) is 11.5. The van der Waals surface area contributed by atoms with Crippen molar-refractivity contribution < 1.29 is 9.15 Å². The minimum atomic E-state index is 0.785. The van der Waals surface area contributed by atoms with E-state index in [9.17, 15) is 0 Å². The highest BCUT2D eigenvalue weighted by Gasteiger charge is 2.10. The maximum atomic E-state index is 5.43. The van der Waals surface area contributed by atoms with Crippen LogP contribution in [0.15, 0.2) is 27.8 Å². The molecule has 1 fully saturated rings. The van der Waals surface area contributed by atoms with Gasteiger partial charge in [-0.25, -0.2) is 0 Å². The molecule has 0 bridgehead atoms. The van der Waals surface area contributed by atoms with Crippen molar-refractivity contribution in [2.45, 2.75) is 39.5 Å². The van der Waals surface area contributed by atoms with Gasteiger partial charge in [-0.2, -0.15) is 5.10 Å². The topological polar surface area (TPSA) is 79.9 Å². The van der Waals surface area contributed by atoms with Crippen molar-refractivity contribution in [3.05, 3.63) is 41.1 Å². The van der Waals surface area contributed by atoms with Gasteiger partial charge in [-0.05, 0) is 57.4 Å². The van der Waals surface area contributed by atoms with Crippen LogP contribution < -0.4 is 10.6 Å². The molecule has 1 saturated heterocycles. The van der Waals surface area contributed by atoms with Crippen molar-refractivity contribution in [3.8, 4) is 0 Å². The molecule has 1 aliphatic heterocycles. The third kappa shape index (κ3) is 7.70. The number of morpholine rings is 1. The Bertz CT molecular complexity index is 793. The predicted molar refractivity (Wildman–Crippen MR) is 124 cm³/mol. The summed E-state index contributed by atoms with van der Waals surface area (Å²) in [6.45, 7) is 11.6. The van der Waals surface area contributed by atoms with E-state index in [4.69, 9.17) is 14.1 Å². The SMILES string of the molecule is Cc1nn(C)c(C)c1CCCN=C(NCCCN1CCOCC1)NCCc1ccco1. The first-order chi connectivity index (χ1) is 15.1. The Balaban J connectivity index is 1.43. The minimum Gasteiger partial charge on any atom is -0.469 e. The largest absolute Gasteiger partial charge is 0.469 e. The monoisotopic (exact) mass is 430 g/mol. The molecule has 0 unspecified atom stereocenters. The summed E-state index contributed by atoms with van der Waals surface area (Å²) >= 11 is 0. The van der Waals surface area contributed by atoms with E-state index >= 15 is 0 Å². The van der Waals surface area contributed by atoms with E-state index in [0.717, 1.165) is 95.6 Å². The van der Waals surface area contributed by atoms with Crippen molar-refractivity contribution in [2.24, 2.45) is 12.0 Å². The zero-order chi connectivity index (χ0) is 21.9. The summed E-state index contributed by atoms with van der Waals surface area (Å²) in [6.07, 6.45) is 5.66. The minimum absolute atomic E-state index is 0.785. The van der Waals surface area contributed by atoms with Gasteiger partial charge in [-0.3, -0.25) is 14.6 Å². The second-order valence-electron chi connectivity index (χ2n) is 8.10. The normalized spacial score (nSPS) is 15.4. The number of aromatic nitrogens is 2. The lowest BCUT2D eigenvalue weighted by Crippen LogP contribution is -2.41. The number of aliphatic imine (C=N–C) groups is 1. The highest BCUT2D eigenvalue weighted by molar-refractivity contribution is 5.79. The fraction of sp³-hybridized carbons (Fsp3) is 0.652. The molecule has 31 heavy (non-hydrogen) atoms.